The van der Waals surface area contributed by atoms with Crippen LogP contribution in [0.3, 0.4) is 0 Å². The van der Waals surface area contributed by atoms with E-state index in [0.29, 0.717) is 19.8 Å². The zero-order valence-electron chi connectivity index (χ0n) is 23.6. The number of hydrogen-bond donors (Lipinski definition) is 0. The van der Waals surface area contributed by atoms with E-state index in [1.54, 1.807) is 29.1 Å². The van der Waals surface area contributed by atoms with Crippen LogP contribution in [0.4, 0.5) is 0 Å². The molecule has 9 nitrogen and oxygen atoms in total. The second kappa shape index (κ2) is 12.5. The smallest absolute Gasteiger partial charge is 0.252 e. The maximum Gasteiger partial charge on any atom is 0.252 e. The highest BCUT2D eigenvalue weighted by Crippen LogP contribution is 2.30. The molecule has 0 amide bonds. The summed E-state index contributed by atoms with van der Waals surface area (Å²) in [6, 6.07) is 15.2. The summed E-state index contributed by atoms with van der Waals surface area (Å²) in [7, 11) is 0. The summed E-state index contributed by atoms with van der Waals surface area (Å²) in [6.07, 6.45) is 3.86. The molecule has 2 aromatic carbocycles. The molecule has 43 heavy (non-hydrogen) atoms. The Balaban J connectivity index is 0.000000155. The average Bonchev–Trinajstić information content (AvgIpc) is 3.80. The summed E-state index contributed by atoms with van der Waals surface area (Å²) in [4.78, 5) is 44.3. The van der Waals surface area contributed by atoms with Crippen LogP contribution in [-0.2, 0) is 27.4 Å². The molecule has 0 aliphatic carbocycles. The molecule has 1 aliphatic heterocycles. The van der Waals surface area contributed by atoms with Gasteiger partial charge in [0.25, 0.3) is 11.1 Å². The fraction of sp³-hybridized carbons (Fsp3) is 0.219. The summed E-state index contributed by atoms with van der Waals surface area (Å²) >= 11 is 3.03. The fourth-order valence-electron chi connectivity index (χ4n) is 5.16. The number of carbonyl (C=O) groups is 1. The molecule has 218 valence electrons. The third-order valence-electron chi connectivity index (χ3n) is 7.14. The predicted molar refractivity (Wildman–Crippen MR) is 170 cm³/mol. The molecular formula is C32H28N4O5S2. The lowest BCUT2D eigenvalue weighted by atomic mass is 10.1. The largest absolute Gasteiger partial charge is 0.348 e. The van der Waals surface area contributed by atoms with Crippen molar-refractivity contribution in [2.24, 2.45) is 0 Å². The maximum atomic E-state index is 12.7. The molecular weight excluding hydrogens is 585 g/mol. The van der Waals surface area contributed by atoms with Crippen LogP contribution in [0.15, 0.2) is 81.3 Å². The van der Waals surface area contributed by atoms with Gasteiger partial charge in [-0.25, -0.2) is 9.97 Å². The number of aldehydes is 1. The van der Waals surface area contributed by atoms with E-state index in [1.807, 2.05) is 54.9 Å². The van der Waals surface area contributed by atoms with Crippen molar-refractivity contribution in [1.82, 2.24) is 19.1 Å². The lowest BCUT2D eigenvalue weighted by Gasteiger charge is -2.16. The first kappa shape index (κ1) is 28.8. The molecule has 4 aromatic heterocycles. The first-order valence-electron chi connectivity index (χ1n) is 13.7. The Hall–Kier alpha value is -4.29. The SMILES string of the molecule is Cc1ccc2c(-c3nccs3)cc(=O)n(CC3OCCO3)c2c1.Cc1ccc2c(-c3nccs3)cc(=O)n(CC=O)c2c1. The van der Waals surface area contributed by atoms with E-state index in [9.17, 15) is 14.4 Å². The molecule has 0 bridgehead atoms. The van der Waals surface area contributed by atoms with E-state index in [0.717, 1.165) is 60.4 Å². The Morgan fingerprint density at radius 2 is 1.30 bits per heavy atom. The monoisotopic (exact) mass is 612 g/mol. The zero-order valence-corrected chi connectivity index (χ0v) is 25.2. The van der Waals surface area contributed by atoms with Crippen molar-refractivity contribution in [2.75, 3.05) is 13.2 Å². The first-order chi connectivity index (χ1) is 20.9. The Bertz CT molecular complexity index is 2030. The third kappa shape index (κ3) is 5.98. The minimum absolute atomic E-state index is 0.0626. The van der Waals surface area contributed by atoms with Crippen LogP contribution in [0, 0.1) is 13.8 Å². The second-order valence-electron chi connectivity index (χ2n) is 10.1. The van der Waals surface area contributed by atoms with Crippen molar-refractivity contribution in [3.63, 3.8) is 0 Å². The van der Waals surface area contributed by atoms with Crippen molar-refractivity contribution < 1.29 is 14.3 Å². The number of hydrogen-bond acceptors (Lipinski definition) is 9. The molecule has 0 radical (unpaired) electrons. The van der Waals surface area contributed by atoms with Crippen molar-refractivity contribution in [3.05, 3.63) is 104 Å². The number of pyridine rings is 2. The van der Waals surface area contributed by atoms with E-state index in [4.69, 9.17) is 9.47 Å². The molecule has 5 heterocycles. The normalized spacial score (nSPS) is 13.3. The second-order valence-corrected chi connectivity index (χ2v) is 11.9. The van der Waals surface area contributed by atoms with Gasteiger partial charge in [0, 0.05) is 57.2 Å². The van der Waals surface area contributed by atoms with Crippen LogP contribution >= 0.6 is 22.7 Å². The fourth-order valence-corrected chi connectivity index (χ4v) is 6.50. The summed E-state index contributed by atoms with van der Waals surface area (Å²) < 4.78 is 14.2. The molecule has 6 aromatic rings. The number of ether oxygens (including phenoxy) is 2. The van der Waals surface area contributed by atoms with E-state index < -0.39 is 0 Å². The standard InChI is InChI=1S/C17H16N2O3S.C15H12N2O2S/c1-11-2-3-12-13(17-18-4-7-23-17)9-15(20)19(14(12)8-11)10-16-21-5-6-22-16;1-10-2-3-11-12(15-16-4-7-20-15)9-14(19)17(5-6-18)13(11)8-10/h2-4,7-9,16H,5-6,10H2,1H3;2-4,6-9H,5H2,1H3. The van der Waals surface area contributed by atoms with Gasteiger partial charge in [0.15, 0.2) is 6.29 Å². The Morgan fingerprint density at radius 1 is 0.791 bits per heavy atom. The van der Waals surface area contributed by atoms with Gasteiger partial charge in [-0.15, -0.1) is 22.7 Å². The van der Waals surface area contributed by atoms with Gasteiger partial charge in [-0.2, -0.15) is 0 Å². The molecule has 0 spiro atoms. The number of nitrogens with zero attached hydrogens (tertiary/aromatic N) is 4. The van der Waals surface area contributed by atoms with Gasteiger partial charge in [0.05, 0.1) is 37.3 Å². The molecule has 0 atom stereocenters. The minimum Gasteiger partial charge on any atom is -0.348 e. The van der Waals surface area contributed by atoms with Crippen LogP contribution in [0.2, 0.25) is 0 Å². The number of aromatic nitrogens is 4. The van der Waals surface area contributed by atoms with Crippen molar-refractivity contribution in [1.29, 1.82) is 0 Å². The molecule has 0 N–H and O–H groups in total. The predicted octanol–water partition coefficient (Wildman–Crippen LogP) is 5.44. The summed E-state index contributed by atoms with van der Waals surface area (Å²) in [5, 5.41) is 7.42. The molecule has 7 rings (SSSR count). The maximum absolute atomic E-state index is 12.7. The van der Waals surface area contributed by atoms with Crippen molar-refractivity contribution in [2.45, 2.75) is 33.2 Å². The van der Waals surface area contributed by atoms with E-state index in [1.165, 1.54) is 27.2 Å². The number of aryl methyl sites for hydroxylation is 2. The quantitative estimate of drug-likeness (QED) is 0.231. The number of benzene rings is 2. The lowest BCUT2D eigenvalue weighted by molar-refractivity contribution is -0.108. The Morgan fingerprint density at radius 3 is 1.79 bits per heavy atom. The van der Waals surface area contributed by atoms with E-state index >= 15 is 0 Å². The summed E-state index contributed by atoms with van der Waals surface area (Å²) in [5.41, 5.74) is 5.28. The van der Waals surface area contributed by atoms with Gasteiger partial charge in [-0.1, -0.05) is 24.3 Å². The van der Waals surface area contributed by atoms with Crippen LogP contribution < -0.4 is 11.1 Å². The van der Waals surface area contributed by atoms with Gasteiger partial charge in [-0.05, 0) is 37.1 Å². The van der Waals surface area contributed by atoms with Gasteiger partial charge in [0.1, 0.15) is 16.3 Å². The van der Waals surface area contributed by atoms with Crippen molar-refractivity contribution in [3.8, 4) is 21.1 Å². The third-order valence-corrected chi connectivity index (χ3v) is 8.75. The molecule has 11 heteroatoms. The van der Waals surface area contributed by atoms with Crippen LogP contribution in [0.25, 0.3) is 42.9 Å². The molecule has 1 fully saturated rings. The highest BCUT2D eigenvalue weighted by Gasteiger charge is 2.20. The van der Waals surface area contributed by atoms with Crippen molar-refractivity contribution >= 4 is 50.8 Å². The lowest BCUT2D eigenvalue weighted by Crippen LogP contribution is -2.27. The summed E-state index contributed by atoms with van der Waals surface area (Å²) in [5.74, 6) is 0. The van der Waals surface area contributed by atoms with Gasteiger partial charge < -0.3 is 23.4 Å². The molecule has 0 saturated carbocycles. The Labute approximate surface area is 254 Å². The van der Waals surface area contributed by atoms with Gasteiger partial charge in [0.2, 0.25) is 0 Å². The number of fused-ring (bicyclic) bond motifs is 2. The molecule has 1 aliphatic rings. The highest BCUT2D eigenvalue weighted by atomic mass is 32.1. The minimum atomic E-state index is -0.359. The number of rotatable bonds is 6. The van der Waals surface area contributed by atoms with Gasteiger partial charge >= 0.3 is 0 Å². The first-order valence-corrected chi connectivity index (χ1v) is 15.4. The molecule has 1 saturated heterocycles. The summed E-state index contributed by atoms with van der Waals surface area (Å²) in [6.45, 7) is 5.60. The number of carbonyl (C=O) groups excluding carboxylic acids is 1. The van der Waals surface area contributed by atoms with E-state index in [2.05, 4.69) is 16.0 Å². The zero-order chi connectivity index (χ0) is 29.9. The van der Waals surface area contributed by atoms with Gasteiger partial charge in [-0.3, -0.25) is 9.59 Å². The topological polar surface area (TPSA) is 105 Å². The Kier molecular flexibility index (Phi) is 8.39. The number of thiazole rings is 2. The highest BCUT2D eigenvalue weighted by molar-refractivity contribution is 7.13. The average molecular weight is 613 g/mol. The van der Waals surface area contributed by atoms with Crippen LogP contribution in [0.5, 0.6) is 0 Å². The van der Waals surface area contributed by atoms with Crippen LogP contribution in [-0.4, -0.2) is 44.9 Å². The molecule has 0 unspecified atom stereocenters. The van der Waals surface area contributed by atoms with E-state index in [-0.39, 0.29) is 24.0 Å². The van der Waals surface area contributed by atoms with Crippen LogP contribution in [0.1, 0.15) is 11.1 Å².